The fourth-order valence-corrected chi connectivity index (χ4v) is 2.10. The van der Waals surface area contributed by atoms with Crippen LogP contribution >= 0.6 is 12.4 Å². The normalized spacial score (nSPS) is 22.6. The van der Waals surface area contributed by atoms with Gasteiger partial charge in [0.15, 0.2) is 0 Å². The van der Waals surface area contributed by atoms with Gasteiger partial charge in [-0.1, -0.05) is 0 Å². The average Bonchev–Trinajstić information content (AvgIpc) is 2.68. The molecule has 20 heavy (non-hydrogen) atoms. The maximum absolute atomic E-state index is 12.4. The second-order valence-corrected chi connectivity index (χ2v) is 4.62. The summed E-state index contributed by atoms with van der Waals surface area (Å²) in [7, 11) is 0. The number of nitrogens with zero attached hydrogens (tertiary/aromatic N) is 2. The van der Waals surface area contributed by atoms with Gasteiger partial charge in [0, 0.05) is 24.8 Å². The molecule has 1 amide bonds. The number of pyridine rings is 1. The smallest absolute Gasteiger partial charge is 0.334 e. The third-order valence-corrected chi connectivity index (χ3v) is 3.38. The zero-order chi connectivity index (χ0) is 14.2. The molecule has 1 aromatic rings. The molecule has 0 radical (unpaired) electrons. The molecule has 8 heteroatoms. The highest BCUT2D eigenvalue weighted by Crippen LogP contribution is 2.27. The zero-order valence-electron chi connectivity index (χ0n) is 10.7. The van der Waals surface area contributed by atoms with Gasteiger partial charge in [-0.25, -0.2) is 0 Å². The van der Waals surface area contributed by atoms with Gasteiger partial charge in [-0.3, -0.25) is 9.78 Å². The van der Waals surface area contributed by atoms with Crippen molar-refractivity contribution in [2.75, 3.05) is 6.54 Å². The van der Waals surface area contributed by atoms with Crippen LogP contribution in [0.5, 0.6) is 0 Å². The van der Waals surface area contributed by atoms with Crippen molar-refractivity contribution in [3.8, 4) is 0 Å². The molecule has 112 valence electrons. The third kappa shape index (κ3) is 3.21. The Morgan fingerprint density at radius 3 is 2.50 bits per heavy atom. The van der Waals surface area contributed by atoms with E-state index in [0.717, 1.165) is 18.3 Å². The van der Waals surface area contributed by atoms with E-state index in [-0.39, 0.29) is 36.0 Å². The summed E-state index contributed by atoms with van der Waals surface area (Å²) < 4.78 is 37.1. The van der Waals surface area contributed by atoms with Crippen molar-refractivity contribution in [2.24, 2.45) is 5.73 Å². The number of amides is 1. The van der Waals surface area contributed by atoms with E-state index in [1.165, 1.54) is 0 Å². The van der Waals surface area contributed by atoms with E-state index < -0.39 is 11.9 Å². The molecule has 1 fully saturated rings. The third-order valence-electron chi connectivity index (χ3n) is 3.38. The van der Waals surface area contributed by atoms with E-state index in [0.29, 0.717) is 13.0 Å². The summed E-state index contributed by atoms with van der Waals surface area (Å²) in [6, 6.07) is 1.75. The number of alkyl halides is 3. The van der Waals surface area contributed by atoms with E-state index in [1.54, 1.807) is 4.90 Å². The second-order valence-electron chi connectivity index (χ2n) is 4.62. The molecule has 1 aliphatic rings. The Balaban J connectivity index is 0.00000200. The van der Waals surface area contributed by atoms with Gasteiger partial charge in [-0.05, 0) is 25.5 Å². The van der Waals surface area contributed by atoms with Crippen LogP contribution in [0.1, 0.15) is 29.4 Å². The number of hydrogen-bond acceptors (Lipinski definition) is 3. The first kappa shape index (κ1) is 16.7. The molecule has 1 aromatic heterocycles. The Labute approximate surface area is 120 Å². The Kier molecular flexibility index (Phi) is 4.99. The quantitative estimate of drug-likeness (QED) is 0.864. The molecule has 2 heterocycles. The van der Waals surface area contributed by atoms with E-state index >= 15 is 0 Å². The average molecular weight is 310 g/mol. The van der Waals surface area contributed by atoms with Crippen molar-refractivity contribution in [2.45, 2.75) is 31.6 Å². The molecule has 2 unspecified atom stereocenters. The van der Waals surface area contributed by atoms with Crippen molar-refractivity contribution in [3.63, 3.8) is 0 Å². The van der Waals surface area contributed by atoms with Crippen LogP contribution in [0.2, 0.25) is 0 Å². The second kappa shape index (κ2) is 5.97. The molecular formula is C12H15ClF3N3O. The maximum atomic E-state index is 12.4. The summed E-state index contributed by atoms with van der Waals surface area (Å²) in [6.45, 7) is 2.34. The van der Waals surface area contributed by atoms with Crippen LogP contribution < -0.4 is 5.73 Å². The van der Waals surface area contributed by atoms with Crippen molar-refractivity contribution in [3.05, 3.63) is 29.6 Å². The van der Waals surface area contributed by atoms with Crippen LogP contribution in [-0.4, -0.2) is 34.4 Å². The van der Waals surface area contributed by atoms with Crippen molar-refractivity contribution < 1.29 is 18.0 Å². The van der Waals surface area contributed by atoms with Crippen LogP contribution in [-0.2, 0) is 6.18 Å². The Morgan fingerprint density at radius 1 is 1.45 bits per heavy atom. The largest absolute Gasteiger partial charge is 0.433 e. The van der Waals surface area contributed by atoms with Gasteiger partial charge in [0.1, 0.15) is 5.69 Å². The summed E-state index contributed by atoms with van der Waals surface area (Å²) in [5.74, 6) is -0.332. The van der Waals surface area contributed by atoms with Crippen LogP contribution in [0.3, 0.4) is 0 Å². The summed E-state index contributed by atoms with van der Waals surface area (Å²) in [6.07, 6.45) is -2.84. The molecule has 1 saturated heterocycles. The fraction of sp³-hybridized carbons (Fsp3) is 0.500. The first-order valence-corrected chi connectivity index (χ1v) is 5.90. The highest BCUT2D eigenvalue weighted by molar-refractivity contribution is 5.94. The van der Waals surface area contributed by atoms with Gasteiger partial charge in [-0.2, -0.15) is 13.2 Å². The molecule has 0 bridgehead atoms. The Hall–Kier alpha value is -1.34. The van der Waals surface area contributed by atoms with Gasteiger partial charge in [0.05, 0.1) is 5.56 Å². The topological polar surface area (TPSA) is 59.2 Å². The van der Waals surface area contributed by atoms with Crippen LogP contribution in [0.15, 0.2) is 18.3 Å². The van der Waals surface area contributed by atoms with E-state index in [1.807, 2.05) is 6.92 Å². The van der Waals surface area contributed by atoms with E-state index in [9.17, 15) is 18.0 Å². The van der Waals surface area contributed by atoms with Crippen LogP contribution in [0, 0.1) is 0 Å². The first-order chi connectivity index (χ1) is 8.80. The Bertz CT molecular complexity index is 478. The number of rotatable bonds is 1. The van der Waals surface area contributed by atoms with Gasteiger partial charge in [-0.15, -0.1) is 12.4 Å². The summed E-state index contributed by atoms with van der Waals surface area (Å²) in [5.41, 5.74) is 4.95. The van der Waals surface area contributed by atoms with Crippen LogP contribution in [0.4, 0.5) is 13.2 Å². The minimum absolute atomic E-state index is 0. The molecule has 4 nitrogen and oxygen atoms in total. The molecule has 0 saturated carbocycles. The SMILES string of the molecule is CC1C(N)CCN1C(=O)c1ccc(C(F)(F)F)nc1.Cl. The Morgan fingerprint density at radius 2 is 2.10 bits per heavy atom. The lowest BCUT2D eigenvalue weighted by Gasteiger charge is -2.23. The van der Waals surface area contributed by atoms with Crippen LogP contribution in [0.25, 0.3) is 0 Å². The molecule has 0 aromatic carbocycles. The monoisotopic (exact) mass is 309 g/mol. The highest BCUT2D eigenvalue weighted by atomic mass is 35.5. The standard InChI is InChI=1S/C12H14F3N3O.ClH/c1-7-9(16)4-5-18(7)11(19)8-2-3-10(17-6-8)12(13,14)15;/h2-3,6-7,9H,4-5,16H2,1H3;1H. The number of carbonyl (C=O) groups excluding carboxylic acids is 1. The lowest BCUT2D eigenvalue weighted by Crippen LogP contribution is -2.40. The first-order valence-electron chi connectivity index (χ1n) is 5.90. The molecule has 0 aliphatic carbocycles. The number of likely N-dealkylation sites (tertiary alicyclic amines) is 1. The molecule has 1 aliphatic heterocycles. The van der Waals surface area contributed by atoms with Crippen molar-refractivity contribution in [1.82, 2.24) is 9.88 Å². The van der Waals surface area contributed by atoms with E-state index in [4.69, 9.17) is 5.73 Å². The zero-order valence-corrected chi connectivity index (χ0v) is 11.5. The van der Waals surface area contributed by atoms with Crippen molar-refractivity contribution >= 4 is 18.3 Å². The number of hydrogen-bond donors (Lipinski definition) is 1. The predicted molar refractivity (Wildman–Crippen MR) is 69.6 cm³/mol. The van der Waals surface area contributed by atoms with E-state index in [2.05, 4.69) is 4.98 Å². The summed E-state index contributed by atoms with van der Waals surface area (Å²) >= 11 is 0. The van der Waals surface area contributed by atoms with Gasteiger partial charge < -0.3 is 10.6 Å². The summed E-state index contributed by atoms with van der Waals surface area (Å²) in [5, 5.41) is 0. The number of halogens is 4. The fourth-order valence-electron chi connectivity index (χ4n) is 2.10. The molecule has 0 spiro atoms. The molecule has 2 rings (SSSR count). The minimum Gasteiger partial charge on any atom is -0.334 e. The number of carbonyl (C=O) groups is 1. The minimum atomic E-state index is -4.50. The maximum Gasteiger partial charge on any atom is 0.433 e. The number of aromatic nitrogens is 1. The molecule has 2 atom stereocenters. The van der Waals surface area contributed by atoms with Gasteiger partial charge in [0.25, 0.3) is 5.91 Å². The predicted octanol–water partition coefficient (Wildman–Crippen LogP) is 2.08. The number of nitrogens with two attached hydrogens (primary N) is 1. The highest BCUT2D eigenvalue weighted by Gasteiger charge is 2.34. The van der Waals surface area contributed by atoms with Crippen molar-refractivity contribution in [1.29, 1.82) is 0 Å². The summed E-state index contributed by atoms with van der Waals surface area (Å²) in [4.78, 5) is 17.0. The lowest BCUT2D eigenvalue weighted by atomic mass is 10.1. The lowest BCUT2D eigenvalue weighted by molar-refractivity contribution is -0.141. The molecular weight excluding hydrogens is 295 g/mol. The van der Waals surface area contributed by atoms with Gasteiger partial charge >= 0.3 is 6.18 Å². The van der Waals surface area contributed by atoms with Gasteiger partial charge in [0.2, 0.25) is 0 Å². The molecule has 2 N–H and O–H groups in total.